The predicted molar refractivity (Wildman–Crippen MR) is 87.1 cm³/mol. The second kappa shape index (κ2) is 5.85. The Morgan fingerprint density at radius 2 is 1.86 bits per heavy atom. The summed E-state index contributed by atoms with van der Waals surface area (Å²) in [6.45, 7) is 0. The van der Waals surface area contributed by atoms with E-state index in [9.17, 15) is 4.79 Å². The predicted octanol–water partition coefficient (Wildman–Crippen LogP) is 3.48. The first-order valence-corrected chi connectivity index (χ1v) is 6.97. The average Bonchev–Trinajstić information content (AvgIpc) is 2.90. The first kappa shape index (κ1) is 14.1. The number of ether oxygens (including phenoxy) is 1. The Balaban J connectivity index is 1.86. The van der Waals surface area contributed by atoms with E-state index in [-0.39, 0.29) is 5.78 Å². The summed E-state index contributed by atoms with van der Waals surface area (Å²) in [5, 5.41) is 0. The van der Waals surface area contributed by atoms with Gasteiger partial charge in [0.1, 0.15) is 5.75 Å². The van der Waals surface area contributed by atoms with Crippen LogP contribution in [0.15, 0.2) is 54.6 Å². The summed E-state index contributed by atoms with van der Waals surface area (Å²) in [7, 11) is 3.48. The highest BCUT2D eigenvalue weighted by molar-refractivity contribution is 6.06. The third-order valence-electron chi connectivity index (χ3n) is 3.55. The Morgan fingerprint density at radius 3 is 2.55 bits per heavy atom. The number of aromatic nitrogens is 2. The van der Waals surface area contributed by atoms with Crippen molar-refractivity contribution in [2.24, 2.45) is 7.05 Å². The van der Waals surface area contributed by atoms with Gasteiger partial charge in [-0.3, -0.25) is 4.79 Å². The zero-order valence-electron chi connectivity index (χ0n) is 12.5. The molecule has 2 aromatic carbocycles. The molecule has 1 aromatic heterocycles. The third kappa shape index (κ3) is 2.63. The molecule has 0 amide bonds. The average molecular weight is 292 g/mol. The molecule has 0 atom stereocenters. The highest BCUT2D eigenvalue weighted by atomic mass is 16.5. The summed E-state index contributed by atoms with van der Waals surface area (Å²) >= 11 is 0. The molecule has 0 spiro atoms. The summed E-state index contributed by atoms with van der Waals surface area (Å²) in [6, 6.07) is 15.2. The monoisotopic (exact) mass is 292 g/mol. The molecular weight excluding hydrogens is 276 g/mol. The van der Waals surface area contributed by atoms with Crippen LogP contribution in [-0.4, -0.2) is 22.4 Å². The highest BCUT2D eigenvalue weighted by Crippen LogP contribution is 2.16. The van der Waals surface area contributed by atoms with Crippen molar-refractivity contribution in [2.45, 2.75) is 0 Å². The van der Waals surface area contributed by atoms with Crippen molar-refractivity contribution in [1.29, 1.82) is 0 Å². The molecule has 0 N–H and O–H groups in total. The fourth-order valence-corrected chi connectivity index (χ4v) is 2.33. The number of carbonyl (C=O) groups excluding carboxylic acids is 1. The number of rotatable bonds is 4. The Labute approximate surface area is 128 Å². The van der Waals surface area contributed by atoms with Gasteiger partial charge in [0.2, 0.25) is 5.78 Å². The van der Waals surface area contributed by atoms with E-state index in [0.717, 1.165) is 22.3 Å². The van der Waals surface area contributed by atoms with Crippen molar-refractivity contribution in [1.82, 2.24) is 9.55 Å². The maximum absolute atomic E-state index is 12.3. The zero-order valence-corrected chi connectivity index (χ0v) is 12.5. The third-order valence-corrected chi connectivity index (χ3v) is 3.55. The number of fused-ring (bicyclic) bond motifs is 1. The van der Waals surface area contributed by atoms with Gasteiger partial charge in [-0.1, -0.05) is 30.3 Å². The van der Waals surface area contributed by atoms with Crippen molar-refractivity contribution in [3.05, 3.63) is 66.0 Å². The van der Waals surface area contributed by atoms with E-state index in [1.165, 1.54) is 0 Å². The van der Waals surface area contributed by atoms with Crippen LogP contribution in [0.1, 0.15) is 16.2 Å². The Bertz CT molecular complexity index is 845. The number of imidazole rings is 1. The standard InChI is InChI=1S/C18H16N2O2/c1-20-16-6-4-3-5-15(16)19-18(20)17(21)12-9-13-7-10-14(22-2)11-8-13/h3-12H,1-2H3/b12-9+. The minimum absolute atomic E-state index is 0.116. The van der Waals surface area contributed by atoms with Gasteiger partial charge in [0.25, 0.3) is 0 Å². The van der Waals surface area contributed by atoms with E-state index < -0.39 is 0 Å². The number of aryl methyl sites for hydroxylation is 1. The molecule has 0 fully saturated rings. The van der Waals surface area contributed by atoms with Crippen LogP contribution in [-0.2, 0) is 7.05 Å². The molecule has 4 nitrogen and oxygen atoms in total. The minimum atomic E-state index is -0.116. The molecule has 3 rings (SSSR count). The second-order valence-corrected chi connectivity index (χ2v) is 4.95. The van der Waals surface area contributed by atoms with Gasteiger partial charge in [-0.15, -0.1) is 0 Å². The van der Waals surface area contributed by atoms with Crippen LogP contribution in [0.5, 0.6) is 5.75 Å². The molecule has 0 aliphatic heterocycles. The van der Waals surface area contributed by atoms with Crippen LogP contribution in [0.3, 0.4) is 0 Å². The SMILES string of the molecule is COc1ccc(/C=C/C(=O)c2nc3ccccc3n2C)cc1. The molecule has 0 unspecified atom stereocenters. The molecule has 4 heteroatoms. The fourth-order valence-electron chi connectivity index (χ4n) is 2.33. The number of hydrogen-bond acceptors (Lipinski definition) is 3. The molecule has 0 aliphatic carbocycles. The van der Waals surface area contributed by atoms with Gasteiger partial charge in [0.15, 0.2) is 5.82 Å². The first-order chi connectivity index (χ1) is 10.7. The zero-order chi connectivity index (χ0) is 15.5. The molecular formula is C18H16N2O2. The van der Waals surface area contributed by atoms with Crippen LogP contribution in [0.25, 0.3) is 17.1 Å². The van der Waals surface area contributed by atoms with Crippen LogP contribution < -0.4 is 4.74 Å². The van der Waals surface area contributed by atoms with E-state index in [1.807, 2.05) is 60.1 Å². The molecule has 0 saturated carbocycles. The summed E-state index contributed by atoms with van der Waals surface area (Å²) in [6.07, 6.45) is 3.32. The summed E-state index contributed by atoms with van der Waals surface area (Å²) in [5.41, 5.74) is 2.71. The van der Waals surface area contributed by atoms with Crippen molar-refractivity contribution >= 4 is 22.9 Å². The molecule has 22 heavy (non-hydrogen) atoms. The van der Waals surface area contributed by atoms with Crippen LogP contribution in [0.4, 0.5) is 0 Å². The van der Waals surface area contributed by atoms with Gasteiger partial charge < -0.3 is 9.30 Å². The lowest BCUT2D eigenvalue weighted by Crippen LogP contribution is -2.04. The second-order valence-electron chi connectivity index (χ2n) is 4.95. The molecule has 3 aromatic rings. The maximum atomic E-state index is 12.3. The molecule has 0 radical (unpaired) electrons. The lowest BCUT2D eigenvalue weighted by molar-refractivity contribution is 0.103. The van der Waals surface area contributed by atoms with Crippen molar-refractivity contribution in [3.63, 3.8) is 0 Å². The van der Waals surface area contributed by atoms with E-state index in [2.05, 4.69) is 4.98 Å². The summed E-state index contributed by atoms with van der Waals surface area (Å²) in [4.78, 5) is 16.7. The molecule has 0 bridgehead atoms. The lowest BCUT2D eigenvalue weighted by Gasteiger charge is -1.99. The number of benzene rings is 2. The summed E-state index contributed by atoms with van der Waals surface area (Å²) in [5.74, 6) is 1.11. The first-order valence-electron chi connectivity index (χ1n) is 6.97. The van der Waals surface area contributed by atoms with Crippen molar-refractivity contribution in [2.75, 3.05) is 7.11 Å². The van der Waals surface area contributed by atoms with E-state index in [1.54, 1.807) is 19.3 Å². The smallest absolute Gasteiger partial charge is 0.221 e. The van der Waals surface area contributed by atoms with Gasteiger partial charge in [-0.2, -0.15) is 0 Å². The van der Waals surface area contributed by atoms with E-state index in [0.29, 0.717) is 5.82 Å². The van der Waals surface area contributed by atoms with Crippen LogP contribution >= 0.6 is 0 Å². The number of nitrogens with zero attached hydrogens (tertiary/aromatic N) is 2. The topological polar surface area (TPSA) is 44.1 Å². The van der Waals surface area contributed by atoms with Gasteiger partial charge in [0, 0.05) is 7.05 Å². The van der Waals surface area contributed by atoms with Gasteiger partial charge >= 0.3 is 0 Å². The van der Waals surface area contributed by atoms with E-state index >= 15 is 0 Å². The Kier molecular flexibility index (Phi) is 3.74. The highest BCUT2D eigenvalue weighted by Gasteiger charge is 2.12. The quantitative estimate of drug-likeness (QED) is 0.546. The van der Waals surface area contributed by atoms with Crippen LogP contribution in [0.2, 0.25) is 0 Å². The Morgan fingerprint density at radius 1 is 1.14 bits per heavy atom. The summed E-state index contributed by atoms with van der Waals surface area (Å²) < 4.78 is 6.92. The molecule has 0 aliphatic rings. The van der Waals surface area contributed by atoms with Crippen molar-refractivity contribution < 1.29 is 9.53 Å². The van der Waals surface area contributed by atoms with Crippen molar-refractivity contribution in [3.8, 4) is 5.75 Å². The molecule has 1 heterocycles. The fraction of sp³-hybridized carbons (Fsp3) is 0.111. The number of hydrogen-bond donors (Lipinski definition) is 0. The lowest BCUT2D eigenvalue weighted by atomic mass is 10.2. The molecule has 110 valence electrons. The minimum Gasteiger partial charge on any atom is -0.497 e. The van der Waals surface area contributed by atoms with Gasteiger partial charge in [0.05, 0.1) is 18.1 Å². The molecule has 0 saturated heterocycles. The normalized spacial score (nSPS) is 11.2. The number of carbonyl (C=O) groups is 1. The number of allylic oxidation sites excluding steroid dienone is 1. The Hall–Kier alpha value is -2.88. The number of para-hydroxylation sites is 2. The number of ketones is 1. The maximum Gasteiger partial charge on any atom is 0.221 e. The van der Waals surface area contributed by atoms with Crippen LogP contribution in [0, 0.1) is 0 Å². The van der Waals surface area contributed by atoms with E-state index in [4.69, 9.17) is 4.74 Å². The largest absolute Gasteiger partial charge is 0.497 e. The van der Waals surface area contributed by atoms with Gasteiger partial charge in [-0.25, -0.2) is 4.98 Å². The number of methoxy groups -OCH3 is 1. The van der Waals surface area contributed by atoms with Gasteiger partial charge in [-0.05, 0) is 35.9 Å².